The lowest BCUT2D eigenvalue weighted by molar-refractivity contribution is 0.225. The van der Waals surface area contributed by atoms with Crippen LogP contribution in [0.15, 0.2) is 4.99 Å². The van der Waals surface area contributed by atoms with Crippen LogP contribution in [0.25, 0.3) is 0 Å². The molecule has 0 aromatic heterocycles. The summed E-state index contributed by atoms with van der Waals surface area (Å²) in [4.78, 5) is 9.57. The van der Waals surface area contributed by atoms with Crippen LogP contribution in [0.2, 0.25) is 0 Å². The Bertz CT molecular complexity index is 355. The minimum Gasteiger partial charge on any atom is -0.355 e. The summed E-state index contributed by atoms with van der Waals surface area (Å²) < 4.78 is 0. The van der Waals surface area contributed by atoms with Gasteiger partial charge >= 0.3 is 0 Å². The smallest absolute Gasteiger partial charge is 0.191 e. The quantitative estimate of drug-likeness (QED) is 0.355. The van der Waals surface area contributed by atoms with Crippen molar-refractivity contribution in [1.82, 2.24) is 20.4 Å². The first-order valence-electron chi connectivity index (χ1n) is 9.60. The van der Waals surface area contributed by atoms with Gasteiger partial charge in [0.15, 0.2) is 5.96 Å². The molecular weight excluding hydrogens is 413 g/mol. The molecule has 0 spiro atoms. The van der Waals surface area contributed by atoms with Gasteiger partial charge < -0.3 is 15.5 Å². The van der Waals surface area contributed by atoms with Gasteiger partial charge in [-0.3, -0.25) is 9.89 Å². The van der Waals surface area contributed by atoms with Gasteiger partial charge in [0.05, 0.1) is 0 Å². The average Bonchev–Trinajstić information content (AvgIpc) is 2.98. The highest BCUT2D eigenvalue weighted by molar-refractivity contribution is 14.0. The Kier molecular flexibility index (Phi) is 11.3. The molecule has 2 saturated heterocycles. The van der Waals surface area contributed by atoms with Crippen LogP contribution >= 0.6 is 24.0 Å². The van der Waals surface area contributed by atoms with Gasteiger partial charge in [-0.05, 0) is 51.2 Å². The minimum absolute atomic E-state index is 0. The molecule has 0 radical (unpaired) electrons. The van der Waals surface area contributed by atoms with E-state index in [1.807, 2.05) is 7.05 Å². The van der Waals surface area contributed by atoms with Gasteiger partial charge in [-0.1, -0.05) is 20.3 Å². The normalized spacial score (nSPS) is 23.3. The number of piperidine rings is 1. The number of hydrogen-bond acceptors (Lipinski definition) is 3. The van der Waals surface area contributed by atoms with Crippen molar-refractivity contribution in [1.29, 1.82) is 0 Å². The van der Waals surface area contributed by atoms with E-state index < -0.39 is 0 Å². The van der Waals surface area contributed by atoms with Crippen LogP contribution in [0.5, 0.6) is 0 Å². The van der Waals surface area contributed by atoms with Crippen LogP contribution in [-0.4, -0.2) is 74.7 Å². The van der Waals surface area contributed by atoms with Gasteiger partial charge in [-0.25, -0.2) is 0 Å². The number of hydrogen-bond donors (Lipinski definition) is 2. The maximum absolute atomic E-state index is 4.38. The maximum atomic E-state index is 4.38. The predicted molar refractivity (Wildman–Crippen MR) is 115 cm³/mol. The van der Waals surface area contributed by atoms with E-state index >= 15 is 0 Å². The van der Waals surface area contributed by atoms with Crippen molar-refractivity contribution in [2.75, 3.05) is 52.9 Å². The van der Waals surface area contributed by atoms with E-state index in [9.17, 15) is 0 Å². The van der Waals surface area contributed by atoms with Crippen molar-refractivity contribution in [3.63, 3.8) is 0 Å². The number of halogens is 1. The molecular formula is C18H38IN5. The van der Waals surface area contributed by atoms with Crippen molar-refractivity contribution >= 4 is 29.9 Å². The van der Waals surface area contributed by atoms with Crippen LogP contribution < -0.4 is 10.6 Å². The Morgan fingerprint density at radius 1 is 1.08 bits per heavy atom. The van der Waals surface area contributed by atoms with Crippen molar-refractivity contribution in [3.8, 4) is 0 Å². The molecule has 2 fully saturated rings. The third-order valence-corrected chi connectivity index (χ3v) is 5.00. The minimum atomic E-state index is 0. The Balaban J connectivity index is 0.00000288. The molecule has 2 N–H and O–H groups in total. The lowest BCUT2D eigenvalue weighted by atomic mass is 10.1. The highest BCUT2D eigenvalue weighted by Crippen LogP contribution is 2.17. The van der Waals surface area contributed by atoms with Crippen LogP contribution in [0.4, 0.5) is 0 Å². The highest BCUT2D eigenvalue weighted by Gasteiger charge is 2.24. The monoisotopic (exact) mass is 451 g/mol. The molecule has 0 unspecified atom stereocenters. The van der Waals surface area contributed by atoms with E-state index in [1.165, 1.54) is 58.3 Å². The van der Waals surface area contributed by atoms with Gasteiger partial charge in [0, 0.05) is 39.3 Å². The molecule has 0 aromatic rings. The predicted octanol–water partition coefficient (Wildman–Crippen LogP) is 2.38. The van der Waals surface area contributed by atoms with Gasteiger partial charge in [0.25, 0.3) is 0 Å². The number of rotatable bonds is 7. The van der Waals surface area contributed by atoms with Crippen LogP contribution in [0, 0.1) is 5.92 Å². The van der Waals surface area contributed by atoms with E-state index in [1.54, 1.807) is 0 Å². The Hall–Kier alpha value is -0.0800. The molecule has 0 amide bonds. The SMILES string of the molecule is CN=C(NCCN1CCCCC1)NC[C@H]1CCCN1CC(C)C.I. The molecule has 0 bridgehead atoms. The Morgan fingerprint density at radius 3 is 2.50 bits per heavy atom. The van der Waals surface area contributed by atoms with Gasteiger partial charge in [-0.15, -0.1) is 24.0 Å². The van der Waals surface area contributed by atoms with Crippen molar-refractivity contribution < 1.29 is 0 Å². The van der Waals surface area contributed by atoms with Gasteiger partial charge in [-0.2, -0.15) is 0 Å². The number of likely N-dealkylation sites (tertiary alicyclic amines) is 2. The summed E-state index contributed by atoms with van der Waals surface area (Å²) in [6.45, 7) is 12.7. The number of guanidine groups is 1. The third-order valence-electron chi connectivity index (χ3n) is 5.00. The first-order valence-corrected chi connectivity index (χ1v) is 9.60. The molecule has 0 aromatic carbocycles. The Labute approximate surface area is 166 Å². The van der Waals surface area contributed by atoms with Gasteiger partial charge in [0.2, 0.25) is 0 Å². The largest absolute Gasteiger partial charge is 0.355 e. The fourth-order valence-electron chi connectivity index (χ4n) is 3.79. The molecule has 2 aliphatic heterocycles. The van der Waals surface area contributed by atoms with Crippen LogP contribution in [0.1, 0.15) is 46.0 Å². The topological polar surface area (TPSA) is 42.9 Å². The summed E-state index contributed by atoms with van der Waals surface area (Å²) in [6.07, 6.45) is 6.77. The molecule has 1 atom stereocenters. The zero-order valence-electron chi connectivity index (χ0n) is 15.9. The molecule has 0 aliphatic carbocycles. The van der Waals surface area contributed by atoms with E-state index in [0.717, 1.165) is 31.5 Å². The molecule has 5 nitrogen and oxygen atoms in total. The lowest BCUT2D eigenvalue weighted by Gasteiger charge is -2.28. The fraction of sp³-hybridized carbons (Fsp3) is 0.944. The van der Waals surface area contributed by atoms with Crippen LogP contribution in [0.3, 0.4) is 0 Å². The molecule has 2 rings (SSSR count). The third kappa shape index (κ3) is 7.87. The molecule has 24 heavy (non-hydrogen) atoms. The highest BCUT2D eigenvalue weighted by atomic mass is 127. The van der Waals surface area contributed by atoms with E-state index in [4.69, 9.17) is 0 Å². The summed E-state index contributed by atoms with van der Waals surface area (Å²) >= 11 is 0. The lowest BCUT2D eigenvalue weighted by Crippen LogP contribution is -2.47. The second-order valence-electron chi connectivity index (χ2n) is 7.47. The zero-order valence-corrected chi connectivity index (χ0v) is 18.2. The first kappa shape index (κ1) is 22.0. The van der Waals surface area contributed by atoms with Crippen LogP contribution in [-0.2, 0) is 0 Å². The summed E-state index contributed by atoms with van der Waals surface area (Å²) in [5.41, 5.74) is 0. The van der Waals surface area contributed by atoms with Gasteiger partial charge in [0.1, 0.15) is 0 Å². The summed E-state index contributed by atoms with van der Waals surface area (Å²) in [6, 6.07) is 0.665. The number of nitrogens with one attached hydrogen (secondary N) is 2. The number of aliphatic imine (C=N–C) groups is 1. The second kappa shape index (κ2) is 12.3. The molecule has 6 heteroatoms. The molecule has 0 saturated carbocycles. The van der Waals surface area contributed by atoms with Crippen molar-refractivity contribution in [2.45, 2.75) is 52.0 Å². The van der Waals surface area contributed by atoms with E-state index in [2.05, 4.69) is 39.3 Å². The Morgan fingerprint density at radius 2 is 1.83 bits per heavy atom. The summed E-state index contributed by atoms with van der Waals surface area (Å²) in [5, 5.41) is 7.01. The van der Waals surface area contributed by atoms with Crippen molar-refractivity contribution in [2.24, 2.45) is 10.9 Å². The van der Waals surface area contributed by atoms with Crippen molar-refractivity contribution in [3.05, 3.63) is 0 Å². The van der Waals surface area contributed by atoms with E-state index in [-0.39, 0.29) is 24.0 Å². The summed E-state index contributed by atoms with van der Waals surface area (Å²) in [5.74, 6) is 1.70. The zero-order chi connectivity index (χ0) is 16.5. The second-order valence-corrected chi connectivity index (χ2v) is 7.47. The van der Waals surface area contributed by atoms with E-state index in [0.29, 0.717) is 6.04 Å². The summed E-state index contributed by atoms with van der Waals surface area (Å²) in [7, 11) is 1.87. The number of nitrogens with zero attached hydrogens (tertiary/aromatic N) is 3. The first-order chi connectivity index (χ1) is 11.2. The maximum Gasteiger partial charge on any atom is 0.191 e. The standard InChI is InChI=1S/C18H37N5.HI/c1-16(2)15-23-12-7-8-17(23)14-21-18(19-3)20-9-13-22-10-5-4-6-11-22;/h16-17H,4-15H2,1-3H3,(H2,19,20,21);1H/t17-;/m1./s1. The molecule has 2 heterocycles. The fourth-order valence-corrected chi connectivity index (χ4v) is 3.79. The molecule has 142 valence electrons. The molecule has 2 aliphatic rings. The average molecular weight is 451 g/mol.